The van der Waals surface area contributed by atoms with Gasteiger partial charge in [-0.1, -0.05) is 60.7 Å². The molecule has 6 aromatic rings. The summed E-state index contributed by atoms with van der Waals surface area (Å²) in [5, 5.41) is 25.1. The number of nitrogens with zero attached hydrogens (tertiary/aromatic N) is 3. The van der Waals surface area contributed by atoms with Gasteiger partial charge in [-0.15, -0.1) is 11.3 Å². The first-order valence-electron chi connectivity index (χ1n) is 15.4. The van der Waals surface area contributed by atoms with Crippen molar-refractivity contribution in [3.63, 3.8) is 0 Å². The summed E-state index contributed by atoms with van der Waals surface area (Å²) in [6.07, 6.45) is 0. The van der Waals surface area contributed by atoms with Crippen LogP contribution in [0, 0.1) is 26.0 Å². The maximum absolute atomic E-state index is 13.2. The van der Waals surface area contributed by atoms with Gasteiger partial charge in [-0.25, -0.2) is 19.0 Å². The Balaban J connectivity index is 0.000000217. The highest BCUT2D eigenvalue weighted by atomic mass is 32.1. The zero-order chi connectivity index (χ0) is 38.2. The number of hydrogen-bond acceptors (Lipinski definition) is 11. The minimum atomic E-state index is -0.619. The molecule has 6 rings (SSSR count). The lowest BCUT2D eigenvalue weighted by molar-refractivity contribution is -0.384. The van der Waals surface area contributed by atoms with E-state index in [1.807, 2.05) is 5.38 Å². The molecule has 0 bridgehead atoms. The van der Waals surface area contributed by atoms with Crippen LogP contribution in [0.1, 0.15) is 26.3 Å². The van der Waals surface area contributed by atoms with Gasteiger partial charge in [-0.3, -0.25) is 20.2 Å². The van der Waals surface area contributed by atoms with Gasteiger partial charge in [-0.2, -0.15) is 0 Å². The number of ether oxygens (including phenoxy) is 2. The predicted molar refractivity (Wildman–Crippen MR) is 202 cm³/mol. The number of aromatic nitrogens is 1. The third-order valence-corrected chi connectivity index (χ3v) is 8.93. The Labute approximate surface area is 310 Å². The molecule has 266 valence electrons. The third kappa shape index (κ3) is 8.44. The van der Waals surface area contributed by atoms with Crippen molar-refractivity contribution in [3.8, 4) is 44.1 Å². The fourth-order valence-corrected chi connectivity index (χ4v) is 6.24. The van der Waals surface area contributed by atoms with Gasteiger partial charge in [0.25, 0.3) is 11.4 Å². The van der Waals surface area contributed by atoms with Crippen LogP contribution in [0.3, 0.4) is 0 Å². The van der Waals surface area contributed by atoms with Crippen LogP contribution >= 0.6 is 23.6 Å². The molecule has 0 aliphatic rings. The molecule has 0 spiro atoms. The summed E-state index contributed by atoms with van der Waals surface area (Å²) in [4.78, 5) is 50.8. The molecule has 1 heterocycles. The summed E-state index contributed by atoms with van der Waals surface area (Å²) in [6.45, 7) is 0. The van der Waals surface area contributed by atoms with E-state index in [1.54, 1.807) is 78.9 Å². The minimum Gasteiger partial charge on any atom is -0.465 e. The lowest BCUT2D eigenvalue weighted by Crippen LogP contribution is -2.12. The Morgan fingerprint density at radius 1 is 0.717 bits per heavy atom. The van der Waals surface area contributed by atoms with Crippen molar-refractivity contribution < 1.29 is 33.3 Å². The zero-order valence-corrected chi connectivity index (χ0v) is 29.5. The van der Waals surface area contributed by atoms with Gasteiger partial charge in [0.2, 0.25) is 0 Å². The summed E-state index contributed by atoms with van der Waals surface area (Å²) >= 11 is 6.26. The number of hydrogen-bond donors (Lipinski definition) is 1. The van der Waals surface area contributed by atoms with Crippen LogP contribution in [0.15, 0.2) is 115 Å². The van der Waals surface area contributed by atoms with E-state index in [2.05, 4.69) is 4.98 Å². The molecule has 53 heavy (non-hydrogen) atoms. The predicted octanol–water partition coefficient (Wildman–Crippen LogP) is 8.66. The molecule has 0 aliphatic carbocycles. The van der Waals surface area contributed by atoms with E-state index < -0.39 is 21.8 Å². The highest BCUT2D eigenvalue weighted by Gasteiger charge is 2.23. The van der Waals surface area contributed by atoms with Gasteiger partial charge < -0.3 is 15.2 Å². The summed E-state index contributed by atoms with van der Waals surface area (Å²) in [5.74, 6) is -1.55. The molecule has 0 radical (unpaired) electrons. The first kappa shape index (κ1) is 37.5. The fraction of sp³-hybridized carbons (Fsp3) is 0.0526. The number of esters is 2. The van der Waals surface area contributed by atoms with Crippen LogP contribution in [-0.4, -0.2) is 46.0 Å². The van der Waals surface area contributed by atoms with Crippen molar-refractivity contribution in [1.82, 2.24) is 4.98 Å². The van der Waals surface area contributed by atoms with E-state index in [1.165, 1.54) is 55.9 Å². The van der Waals surface area contributed by atoms with Gasteiger partial charge in [0.15, 0.2) is 0 Å². The second-order valence-corrected chi connectivity index (χ2v) is 12.3. The summed E-state index contributed by atoms with van der Waals surface area (Å²) in [7, 11) is 2.49. The number of rotatable bonds is 9. The van der Waals surface area contributed by atoms with Crippen LogP contribution in [0.2, 0.25) is 0 Å². The first-order chi connectivity index (χ1) is 25.4. The van der Waals surface area contributed by atoms with Crippen molar-refractivity contribution in [2.45, 2.75) is 0 Å². The van der Waals surface area contributed by atoms with E-state index in [0.717, 1.165) is 5.56 Å². The van der Waals surface area contributed by atoms with Gasteiger partial charge in [0.05, 0.1) is 52.0 Å². The molecular formula is C38H27FN4O8S2. The quantitative estimate of drug-likeness (QED) is 0.0647. The van der Waals surface area contributed by atoms with E-state index in [-0.39, 0.29) is 33.3 Å². The maximum atomic E-state index is 13.2. The molecule has 12 nitrogen and oxygen atoms in total. The smallest absolute Gasteiger partial charge is 0.338 e. The van der Waals surface area contributed by atoms with Gasteiger partial charge in [-0.05, 0) is 48.5 Å². The fourth-order valence-electron chi connectivity index (χ4n) is 5.28. The molecule has 15 heteroatoms. The second-order valence-electron chi connectivity index (χ2n) is 11.0. The molecule has 5 aromatic carbocycles. The Hall–Kier alpha value is -6.71. The van der Waals surface area contributed by atoms with Crippen molar-refractivity contribution in [2.24, 2.45) is 5.73 Å². The van der Waals surface area contributed by atoms with Gasteiger partial charge in [0, 0.05) is 45.3 Å². The number of methoxy groups -OCH3 is 2. The van der Waals surface area contributed by atoms with E-state index in [4.69, 9.17) is 27.4 Å². The Morgan fingerprint density at radius 2 is 1.21 bits per heavy atom. The number of nitro benzene ring substituents is 2. The standard InChI is InChI=1S/C23H15FN2O4S.C15H12N2O4S/c1-30-23(27)19-12-15(8-11-17(19)18-4-2-3-5-21(18)26(28)29)22-25-20(13-31-22)14-6-9-16(24)10-7-14;1-21-15(18)12-8-9(14(16)22)6-7-10(12)11-4-2-3-5-13(11)17(19)20/h2-13H,1H3;2-8H,1H3,(H2,16,22). The molecule has 2 N–H and O–H groups in total. The topological polar surface area (TPSA) is 178 Å². The van der Waals surface area contributed by atoms with Crippen LogP contribution < -0.4 is 5.73 Å². The van der Waals surface area contributed by atoms with Crippen LogP contribution in [0.5, 0.6) is 0 Å². The van der Waals surface area contributed by atoms with E-state index in [0.29, 0.717) is 44.1 Å². The molecule has 0 atom stereocenters. The summed E-state index contributed by atoms with van der Waals surface area (Å²) in [6, 6.07) is 28.1. The zero-order valence-electron chi connectivity index (χ0n) is 27.8. The maximum Gasteiger partial charge on any atom is 0.338 e. The molecular weight excluding hydrogens is 724 g/mol. The highest BCUT2D eigenvalue weighted by Crippen LogP contribution is 2.37. The number of para-hydroxylation sites is 2. The SMILES string of the molecule is COC(=O)c1cc(-c2nc(-c3ccc(F)cc3)cs2)ccc1-c1ccccc1[N+](=O)[O-].COC(=O)c1cc(C(N)=S)ccc1-c1ccccc1[N+](=O)[O-]. The van der Waals surface area contributed by atoms with E-state index >= 15 is 0 Å². The number of nitrogens with two attached hydrogens (primary N) is 1. The number of thiazole rings is 1. The minimum absolute atomic E-state index is 0.101. The number of benzene rings is 5. The molecule has 0 saturated heterocycles. The molecule has 0 saturated carbocycles. The monoisotopic (exact) mass is 750 g/mol. The van der Waals surface area contributed by atoms with Crippen LogP contribution in [0.4, 0.5) is 15.8 Å². The van der Waals surface area contributed by atoms with E-state index in [9.17, 15) is 34.2 Å². The molecule has 0 fully saturated rings. The Bertz CT molecular complexity index is 2380. The number of nitro groups is 2. The van der Waals surface area contributed by atoms with Crippen LogP contribution in [0.25, 0.3) is 44.1 Å². The summed E-state index contributed by atoms with van der Waals surface area (Å²) in [5.41, 5.74) is 9.77. The second kappa shape index (κ2) is 16.5. The van der Waals surface area contributed by atoms with Crippen molar-refractivity contribution in [1.29, 1.82) is 0 Å². The molecule has 0 amide bonds. The lowest BCUT2D eigenvalue weighted by Gasteiger charge is -2.10. The average Bonchev–Trinajstić information content (AvgIpc) is 3.68. The molecule has 1 aromatic heterocycles. The number of thiocarbonyl (C=S) groups is 1. The number of halogens is 1. The van der Waals surface area contributed by atoms with Crippen molar-refractivity contribution in [3.05, 3.63) is 157 Å². The Kier molecular flexibility index (Phi) is 11.7. The normalized spacial score (nSPS) is 10.4. The van der Waals surface area contributed by atoms with Crippen molar-refractivity contribution in [2.75, 3.05) is 14.2 Å². The first-order valence-corrected chi connectivity index (χ1v) is 16.7. The van der Waals surface area contributed by atoms with Gasteiger partial charge >= 0.3 is 11.9 Å². The Morgan fingerprint density at radius 3 is 1.72 bits per heavy atom. The highest BCUT2D eigenvalue weighted by molar-refractivity contribution is 7.80. The number of carbonyl (C=O) groups is 2. The van der Waals surface area contributed by atoms with Crippen molar-refractivity contribution >= 4 is 51.9 Å². The molecule has 0 unspecified atom stereocenters. The largest absolute Gasteiger partial charge is 0.465 e. The number of carbonyl (C=O) groups excluding carboxylic acids is 2. The average molecular weight is 751 g/mol. The third-order valence-electron chi connectivity index (χ3n) is 7.81. The lowest BCUT2D eigenvalue weighted by atomic mass is 9.96. The summed E-state index contributed by atoms with van der Waals surface area (Å²) < 4.78 is 22.8. The van der Waals surface area contributed by atoms with Crippen LogP contribution in [-0.2, 0) is 9.47 Å². The van der Waals surface area contributed by atoms with Gasteiger partial charge in [0.1, 0.15) is 15.8 Å². The molecule has 0 aliphatic heterocycles.